The Kier molecular flexibility index (Phi) is 16.7. The number of fused-ring (bicyclic) bond motifs is 3. The molecule has 3 atom stereocenters. The largest absolute Gasteiger partial charge is 0.481 e. The molecule has 0 aromatic heterocycles. The molecule has 0 bridgehead atoms. The van der Waals surface area contributed by atoms with Crippen molar-refractivity contribution in [1.29, 1.82) is 0 Å². The topological polar surface area (TPSA) is 250 Å². The maximum absolute atomic E-state index is 13.7. The number of nitrogens with one attached hydrogen (secondary N) is 5. The van der Waals surface area contributed by atoms with Crippen LogP contribution < -0.4 is 26.6 Å². The predicted octanol–water partition coefficient (Wildman–Crippen LogP) is 5.68. The summed E-state index contributed by atoms with van der Waals surface area (Å²) in [7, 11) is 0. The highest BCUT2D eigenvalue weighted by molar-refractivity contribution is 5.89. The number of carboxylic acids is 3. The van der Waals surface area contributed by atoms with Gasteiger partial charge in [-0.1, -0.05) is 79.2 Å². The highest BCUT2D eigenvalue weighted by atomic mass is 16.5. The summed E-state index contributed by atoms with van der Waals surface area (Å²) in [5.41, 5.74) is 6.76. The van der Waals surface area contributed by atoms with Gasteiger partial charge < -0.3 is 46.6 Å². The van der Waals surface area contributed by atoms with Gasteiger partial charge >= 0.3 is 30.0 Å². The fourth-order valence-corrected chi connectivity index (χ4v) is 8.86. The number of urea groups is 1. The van der Waals surface area contributed by atoms with Crippen molar-refractivity contribution in [3.05, 3.63) is 95.1 Å². The third-order valence-corrected chi connectivity index (χ3v) is 12.8. The summed E-state index contributed by atoms with van der Waals surface area (Å²) in [6, 6.07) is 19.7. The van der Waals surface area contributed by atoms with E-state index in [0.29, 0.717) is 31.7 Å². The minimum Gasteiger partial charge on any atom is -0.481 e. The third kappa shape index (κ3) is 13.0. The van der Waals surface area contributed by atoms with E-state index >= 15 is 0 Å². The minimum absolute atomic E-state index is 0.0249. The molecule has 8 N–H and O–H groups in total. The lowest BCUT2D eigenvalue weighted by Crippen LogP contribution is -2.51. The lowest BCUT2D eigenvalue weighted by molar-refractivity contribution is -0.141. The Balaban J connectivity index is 0.950. The molecule has 5 amide bonds. The first-order chi connectivity index (χ1) is 30.9. The number of aliphatic carboxylic acids is 3. The van der Waals surface area contributed by atoms with Crippen molar-refractivity contribution in [3.63, 3.8) is 0 Å². The first kappa shape index (κ1) is 47.0. The molecule has 16 heteroatoms. The molecule has 0 radical (unpaired) electrons. The number of unbranched alkanes of at least 4 members (excludes halogenated alkanes) is 1. The van der Waals surface area contributed by atoms with Crippen molar-refractivity contribution < 1.29 is 53.6 Å². The van der Waals surface area contributed by atoms with Gasteiger partial charge in [-0.3, -0.25) is 14.4 Å². The van der Waals surface area contributed by atoms with Crippen LogP contribution in [0.1, 0.15) is 111 Å². The summed E-state index contributed by atoms with van der Waals surface area (Å²) in [6.07, 6.45) is 5.68. The van der Waals surface area contributed by atoms with Crippen molar-refractivity contribution in [1.82, 2.24) is 26.6 Å². The van der Waals surface area contributed by atoms with Gasteiger partial charge in [-0.25, -0.2) is 19.2 Å². The molecule has 0 unspecified atom stereocenters. The summed E-state index contributed by atoms with van der Waals surface area (Å²) in [4.78, 5) is 86.7. The maximum Gasteiger partial charge on any atom is 0.407 e. The zero-order valence-electron chi connectivity index (χ0n) is 35.9. The first-order valence-electron chi connectivity index (χ1n) is 22.4. The van der Waals surface area contributed by atoms with Crippen molar-refractivity contribution in [2.24, 2.45) is 11.8 Å². The molecule has 6 rings (SSSR count). The number of alkyl carbamates (subject to hydrolysis) is 1. The van der Waals surface area contributed by atoms with Crippen LogP contribution in [0.3, 0.4) is 0 Å². The van der Waals surface area contributed by atoms with Crippen LogP contribution in [0.2, 0.25) is 0 Å². The van der Waals surface area contributed by atoms with Crippen LogP contribution in [0, 0.1) is 11.8 Å². The van der Waals surface area contributed by atoms with E-state index in [1.54, 1.807) is 0 Å². The second-order valence-corrected chi connectivity index (χ2v) is 17.2. The van der Waals surface area contributed by atoms with Crippen molar-refractivity contribution >= 4 is 41.8 Å². The third-order valence-electron chi connectivity index (χ3n) is 12.8. The molecule has 2 fully saturated rings. The van der Waals surface area contributed by atoms with Gasteiger partial charge in [-0.05, 0) is 109 Å². The van der Waals surface area contributed by atoms with E-state index in [2.05, 4.69) is 63.0 Å². The van der Waals surface area contributed by atoms with Crippen LogP contribution in [-0.4, -0.2) is 95.0 Å². The Morgan fingerprint density at radius 2 is 1.27 bits per heavy atom. The lowest BCUT2D eigenvalue weighted by Gasteiger charge is -2.29. The smallest absolute Gasteiger partial charge is 0.407 e. The number of amides is 5. The normalized spacial score (nSPS) is 18.1. The summed E-state index contributed by atoms with van der Waals surface area (Å²) in [6.45, 7) is 0.832. The van der Waals surface area contributed by atoms with Gasteiger partial charge in [-0.2, -0.15) is 0 Å². The average Bonchev–Trinajstić information content (AvgIpc) is 3.58. The van der Waals surface area contributed by atoms with Crippen molar-refractivity contribution in [3.8, 4) is 11.1 Å². The number of hydrogen-bond donors (Lipinski definition) is 8. The zero-order chi connectivity index (χ0) is 45.6. The summed E-state index contributed by atoms with van der Waals surface area (Å²) >= 11 is 0. The molecule has 342 valence electrons. The number of rotatable bonds is 22. The molecule has 16 nitrogen and oxygen atoms in total. The molecule has 2 saturated carbocycles. The highest BCUT2D eigenvalue weighted by Crippen LogP contribution is 2.44. The van der Waals surface area contributed by atoms with Crippen LogP contribution in [0.15, 0.2) is 72.8 Å². The van der Waals surface area contributed by atoms with E-state index in [1.165, 1.54) is 12.0 Å². The van der Waals surface area contributed by atoms with E-state index in [0.717, 1.165) is 53.5 Å². The van der Waals surface area contributed by atoms with Crippen LogP contribution in [0.25, 0.3) is 11.1 Å². The fraction of sp³-hybridized carbons (Fsp3) is 0.479. The van der Waals surface area contributed by atoms with Crippen LogP contribution in [-0.2, 0) is 35.1 Å². The number of benzene rings is 3. The van der Waals surface area contributed by atoms with Gasteiger partial charge in [0.1, 0.15) is 24.7 Å². The Morgan fingerprint density at radius 3 is 1.84 bits per heavy atom. The monoisotopic (exact) mass is 881 g/mol. The minimum atomic E-state index is -1.52. The highest BCUT2D eigenvalue weighted by Gasteiger charge is 2.32. The van der Waals surface area contributed by atoms with E-state index in [9.17, 15) is 43.8 Å². The van der Waals surface area contributed by atoms with Gasteiger partial charge in [-0.15, -0.1) is 0 Å². The second-order valence-electron chi connectivity index (χ2n) is 17.2. The Morgan fingerprint density at radius 1 is 0.656 bits per heavy atom. The second kappa shape index (κ2) is 22.8. The van der Waals surface area contributed by atoms with Gasteiger partial charge in [0.15, 0.2) is 0 Å². The molecule has 0 spiro atoms. The molecule has 64 heavy (non-hydrogen) atoms. The van der Waals surface area contributed by atoms with Crippen molar-refractivity contribution in [2.45, 2.75) is 113 Å². The maximum atomic E-state index is 13.7. The lowest BCUT2D eigenvalue weighted by atomic mass is 9.80. The predicted molar refractivity (Wildman–Crippen MR) is 235 cm³/mol. The molecule has 0 saturated heterocycles. The van der Waals surface area contributed by atoms with Gasteiger partial charge in [0.2, 0.25) is 11.8 Å². The van der Waals surface area contributed by atoms with Crippen LogP contribution in [0.5, 0.6) is 0 Å². The molecule has 3 aromatic rings. The number of carbonyl (C=O) groups excluding carboxylic acids is 4. The summed E-state index contributed by atoms with van der Waals surface area (Å²) in [5.74, 6) is -4.25. The molecule has 3 aliphatic rings. The van der Waals surface area contributed by atoms with E-state index in [-0.39, 0.29) is 68.4 Å². The molecular formula is C48H59N5O11. The molecule has 3 aromatic carbocycles. The number of carbonyl (C=O) groups is 7. The number of ether oxygens (including phenoxy) is 1. The Labute approximate surface area is 372 Å². The quantitative estimate of drug-likeness (QED) is 0.0570. The molecule has 3 aliphatic carbocycles. The Hall–Kier alpha value is -6.45. The standard InChI is InChI=1S/C48H59N5O11/c54-42(55)24-23-40(46(60)61)53-47(62)52-39(45(58)59)14-5-6-25-49-44(57)41(26-29-15-19-32(20-16-29)31-8-7-9-31)51-43(56)33-21-17-30(18-22-33)27-50-48(63)64-28-38-36-12-3-1-10-34(36)35-11-2-4-13-37(35)38/h1-4,10-13,15-16,19-20,30-31,33,38-41H,5-9,14,17-18,21-28H2,(H,49,57)(H,50,63)(H,51,56)(H,54,55)(H,58,59)(H,60,61)(H2,52,53,62)/t30?,33?,39-,40-,41-/m0/s1. The van der Waals surface area contributed by atoms with E-state index in [1.807, 2.05) is 36.4 Å². The molecule has 0 aliphatic heterocycles. The molecular weight excluding hydrogens is 823 g/mol. The van der Waals surface area contributed by atoms with E-state index in [4.69, 9.17) is 9.84 Å². The molecule has 0 heterocycles. The fourth-order valence-electron chi connectivity index (χ4n) is 8.86. The average molecular weight is 882 g/mol. The SMILES string of the molecule is O=C(O)CC[C@H](NC(=O)N[C@@H](CCCCNC(=O)[C@H](Cc1ccc(C2CCC2)cc1)NC(=O)C1CCC(CNC(=O)OCC2c3ccccc3-c3ccccc32)CC1)C(=O)O)C(=O)O. The number of carboxylic acid groups (broad SMARTS) is 3. The van der Waals surface area contributed by atoms with Crippen molar-refractivity contribution in [2.75, 3.05) is 19.7 Å². The Bertz CT molecular complexity index is 2090. The summed E-state index contributed by atoms with van der Waals surface area (Å²) < 4.78 is 5.71. The zero-order valence-corrected chi connectivity index (χ0v) is 35.9. The summed E-state index contributed by atoms with van der Waals surface area (Å²) in [5, 5.41) is 40.9. The number of hydrogen-bond acceptors (Lipinski definition) is 8. The van der Waals surface area contributed by atoms with E-state index < -0.39 is 54.6 Å². The van der Waals surface area contributed by atoms with Gasteiger partial charge in [0.25, 0.3) is 0 Å². The van der Waals surface area contributed by atoms with Crippen LogP contribution in [0.4, 0.5) is 9.59 Å². The van der Waals surface area contributed by atoms with Gasteiger partial charge in [0, 0.05) is 37.8 Å². The first-order valence-corrected chi connectivity index (χ1v) is 22.4. The van der Waals surface area contributed by atoms with Crippen LogP contribution >= 0.6 is 0 Å². The van der Waals surface area contributed by atoms with Gasteiger partial charge in [0.05, 0.1) is 0 Å².